The Hall–Kier alpha value is -2.17. The highest BCUT2D eigenvalue weighted by molar-refractivity contribution is 5.95. The van der Waals surface area contributed by atoms with Crippen LogP contribution in [0.4, 0.5) is 5.82 Å². The number of allylic oxidation sites excluding steroid dienone is 2. The van der Waals surface area contributed by atoms with Gasteiger partial charge in [0.15, 0.2) is 11.5 Å². The van der Waals surface area contributed by atoms with Crippen molar-refractivity contribution in [2.24, 2.45) is 5.73 Å². The molecule has 1 aliphatic heterocycles. The summed E-state index contributed by atoms with van der Waals surface area (Å²) < 4.78 is 0. The summed E-state index contributed by atoms with van der Waals surface area (Å²) in [7, 11) is 0. The molecule has 0 bridgehead atoms. The fourth-order valence-electron chi connectivity index (χ4n) is 1.34. The second-order valence-corrected chi connectivity index (χ2v) is 3.01. The molecule has 0 atom stereocenters. The fourth-order valence-corrected chi connectivity index (χ4v) is 1.34. The largest absolute Gasteiger partial charge is 0.364 e. The van der Waals surface area contributed by atoms with Crippen molar-refractivity contribution < 1.29 is 4.79 Å². The van der Waals surface area contributed by atoms with Crippen LogP contribution in [-0.2, 0) is 0 Å². The highest BCUT2D eigenvalue weighted by Crippen LogP contribution is 2.16. The van der Waals surface area contributed by atoms with Crippen LogP contribution in [0.1, 0.15) is 10.5 Å². The lowest BCUT2D eigenvalue weighted by Crippen LogP contribution is -2.24. The molecule has 2 heterocycles. The molecule has 2 N–H and O–H groups in total. The molecule has 0 fully saturated rings. The first-order valence-corrected chi connectivity index (χ1v) is 4.50. The summed E-state index contributed by atoms with van der Waals surface area (Å²) in [4.78, 5) is 20.9. The molecule has 15 heavy (non-hydrogen) atoms. The summed E-state index contributed by atoms with van der Waals surface area (Å²) in [5.74, 6) is -0.0772. The van der Waals surface area contributed by atoms with Gasteiger partial charge in [0, 0.05) is 25.1 Å². The second kappa shape index (κ2) is 3.91. The molecule has 5 nitrogen and oxygen atoms in total. The van der Waals surface area contributed by atoms with E-state index in [9.17, 15) is 4.79 Å². The van der Waals surface area contributed by atoms with Gasteiger partial charge in [-0.3, -0.25) is 4.79 Å². The molecule has 2 rings (SSSR count). The molecule has 0 radical (unpaired) electrons. The number of hydrogen-bond acceptors (Lipinski definition) is 4. The molecular weight excluding hydrogens is 192 g/mol. The molecule has 0 aliphatic carbocycles. The summed E-state index contributed by atoms with van der Waals surface area (Å²) in [6.45, 7) is 0.662. The van der Waals surface area contributed by atoms with Crippen molar-refractivity contribution in [1.82, 2.24) is 9.97 Å². The monoisotopic (exact) mass is 202 g/mol. The van der Waals surface area contributed by atoms with Gasteiger partial charge >= 0.3 is 0 Å². The Labute approximate surface area is 86.9 Å². The van der Waals surface area contributed by atoms with Gasteiger partial charge in [0.05, 0.1) is 0 Å². The van der Waals surface area contributed by atoms with Crippen molar-refractivity contribution in [2.75, 3.05) is 11.4 Å². The third-order valence-corrected chi connectivity index (χ3v) is 2.00. The average molecular weight is 202 g/mol. The number of carbonyl (C=O) groups excluding carboxylic acids is 1. The highest BCUT2D eigenvalue weighted by Gasteiger charge is 2.15. The second-order valence-electron chi connectivity index (χ2n) is 3.01. The maximum atomic E-state index is 11.1. The number of nitrogens with zero attached hydrogens (tertiary/aromatic N) is 3. The predicted octanol–water partition coefficient (Wildman–Crippen LogP) is 0.465. The molecule has 0 aromatic carbocycles. The molecule has 0 spiro atoms. The van der Waals surface area contributed by atoms with Crippen molar-refractivity contribution in [3.63, 3.8) is 0 Å². The normalized spacial score (nSPS) is 14.3. The van der Waals surface area contributed by atoms with E-state index in [4.69, 9.17) is 5.73 Å². The van der Waals surface area contributed by atoms with Gasteiger partial charge in [-0.15, -0.1) is 0 Å². The number of aromatic nitrogens is 2. The zero-order valence-electron chi connectivity index (χ0n) is 8.00. The first-order chi connectivity index (χ1) is 7.29. The number of amides is 1. The van der Waals surface area contributed by atoms with E-state index in [2.05, 4.69) is 9.97 Å². The van der Waals surface area contributed by atoms with Gasteiger partial charge < -0.3 is 10.6 Å². The van der Waals surface area contributed by atoms with Crippen molar-refractivity contribution >= 4 is 11.7 Å². The van der Waals surface area contributed by atoms with Gasteiger partial charge in [-0.2, -0.15) is 0 Å². The number of rotatable bonds is 2. The molecule has 1 aromatic heterocycles. The number of nitrogens with two attached hydrogens (primary N) is 1. The SMILES string of the molecule is NC(=O)c1nccnc1N1C=CC=CC1. The number of hydrogen-bond donors (Lipinski definition) is 1. The van der Waals surface area contributed by atoms with E-state index in [1.165, 1.54) is 12.4 Å². The Bertz CT molecular complexity index is 439. The molecule has 0 unspecified atom stereocenters. The van der Waals surface area contributed by atoms with E-state index in [1.807, 2.05) is 29.3 Å². The number of anilines is 1. The van der Waals surface area contributed by atoms with Gasteiger partial charge in [-0.05, 0) is 6.08 Å². The minimum Gasteiger partial charge on any atom is -0.364 e. The van der Waals surface area contributed by atoms with Crippen LogP contribution in [-0.4, -0.2) is 22.4 Å². The molecule has 76 valence electrons. The van der Waals surface area contributed by atoms with Crippen LogP contribution < -0.4 is 10.6 Å². The third kappa shape index (κ3) is 1.85. The minimum absolute atomic E-state index is 0.192. The van der Waals surface area contributed by atoms with Crippen LogP contribution in [0, 0.1) is 0 Å². The Morgan fingerprint density at radius 1 is 1.33 bits per heavy atom. The van der Waals surface area contributed by atoms with Gasteiger partial charge in [0.1, 0.15) is 0 Å². The first-order valence-electron chi connectivity index (χ1n) is 4.50. The molecule has 5 heteroatoms. The summed E-state index contributed by atoms with van der Waals surface area (Å²) in [6, 6.07) is 0. The number of carbonyl (C=O) groups is 1. The lowest BCUT2D eigenvalue weighted by molar-refractivity contribution is 0.0996. The zero-order chi connectivity index (χ0) is 10.7. The van der Waals surface area contributed by atoms with Crippen LogP contribution >= 0.6 is 0 Å². The van der Waals surface area contributed by atoms with E-state index >= 15 is 0 Å². The average Bonchev–Trinajstić information content (AvgIpc) is 2.30. The van der Waals surface area contributed by atoms with Crippen LogP contribution in [0.25, 0.3) is 0 Å². The lowest BCUT2D eigenvalue weighted by atomic mass is 10.3. The Kier molecular flexibility index (Phi) is 2.45. The van der Waals surface area contributed by atoms with Crippen LogP contribution in [0.5, 0.6) is 0 Å². The smallest absolute Gasteiger partial charge is 0.271 e. The molecule has 0 saturated heterocycles. The quantitative estimate of drug-likeness (QED) is 0.756. The van der Waals surface area contributed by atoms with Crippen LogP contribution in [0.15, 0.2) is 36.8 Å². The Balaban J connectivity index is 2.39. The first kappa shape index (κ1) is 9.39. The van der Waals surface area contributed by atoms with Crippen LogP contribution in [0.2, 0.25) is 0 Å². The van der Waals surface area contributed by atoms with Crippen molar-refractivity contribution in [3.05, 3.63) is 42.5 Å². The summed E-state index contributed by atoms with van der Waals surface area (Å²) in [6.07, 6.45) is 10.6. The maximum Gasteiger partial charge on any atom is 0.271 e. The predicted molar refractivity (Wildman–Crippen MR) is 56.2 cm³/mol. The van der Waals surface area contributed by atoms with Crippen LogP contribution in [0.3, 0.4) is 0 Å². The van der Waals surface area contributed by atoms with Gasteiger partial charge in [-0.25, -0.2) is 9.97 Å². The van der Waals surface area contributed by atoms with E-state index in [1.54, 1.807) is 0 Å². The molecule has 1 aromatic rings. The van der Waals surface area contributed by atoms with Gasteiger partial charge in [0.25, 0.3) is 5.91 Å². The maximum absolute atomic E-state index is 11.1. The summed E-state index contributed by atoms with van der Waals surface area (Å²) >= 11 is 0. The summed E-state index contributed by atoms with van der Waals surface area (Å²) in [5.41, 5.74) is 5.40. The molecule has 1 amide bonds. The van der Waals surface area contributed by atoms with Crippen molar-refractivity contribution in [3.8, 4) is 0 Å². The molecule has 1 aliphatic rings. The highest BCUT2D eigenvalue weighted by atomic mass is 16.1. The molecule has 0 saturated carbocycles. The topological polar surface area (TPSA) is 72.1 Å². The zero-order valence-corrected chi connectivity index (χ0v) is 8.00. The standard InChI is InChI=1S/C10H10N4O/c11-9(15)8-10(13-5-4-12-8)14-6-2-1-3-7-14/h1-6H,7H2,(H2,11,15). The van der Waals surface area contributed by atoms with E-state index in [0.717, 1.165) is 0 Å². The minimum atomic E-state index is -0.568. The van der Waals surface area contributed by atoms with E-state index in [-0.39, 0.29) is 5.69 Å². The lowest BCUT2D eigenvalue weighted by Gasteiger charge is -2.20. The van der Waals surface area contributed by atoms with Crippen molar-refractivity contribution in [2.45, 2.75) is 0 Å². The van der Waals surface area contributed by atoms with E-state index < -0.39 is 5.91 Å². The Morgan fingerprint density at radius 3 is 2.80 bits per heavy atom. The van der Waals surface area contributed by atoms with Gasteiger partial charge in [-0.1, -0.05) is 12.2 Å². The number of primary amides is 1. The fraction of sp³-hybridized carbons (Fsp3) is 0.100. The third-order valence-electron chi connectivity index (χ3n) is 2.00. The summed E-state index contributed by atoms with van der Waals surface area (Å²) in [5, 5.41) is 0. The van der Waals surface area contributed by atoms with Crippen molar-refractivity contribution in [1.29, 1.82) is 0 Å². The van der Waals surface area contributed by atoms with E-state index in [0.29, 0.717) is 12.4 Å². The van der Waals surface area contributed by atoms with Gasteiger partial charge in [0.2, 0.25) is 0 Å². The Morgan fingerprint density at radius 2 is 2.13 bits per heavy atom. The molecular formula is C10H10N4O.